The molecule has 0 atom stereocenters. The number of halogens is 1. The van der Waals surface area contributed by atoms with Crippen LogP contribution in [0.2, 0.25) is 0 Å². The summed E-state index contributed by atoms with van der Waals surface area (Å²) in [4.78, 5) is 6.82. The summed E-state index contributed by atoms with van der Waals surface area (Å²) in [5.41, 5.74) is 0.892. The van der Waals surface area contributed by atoms with Crippen LogP contribution in [0.15, 0.2) is 23.2 Å². The summed E-state index contributed by atoms with van der Waals surface area (Å²) in [5.74, 6) is 1.75. The number of guanidine groups is 1. The van der Waals surface area contributed by atoms with Gasteiger partial charge in [-0.15, -0.1) is 24.0 Å². The van der Waals surface area contributed by atoms with Gasteiger partial charge in [-0.25, -0.2) is 0 Å². The summed E-state index contributed by atoms with van der Waals surface area (Å²) in [6.07, 6.45) is 4.05. The number of aliphatic imine (C=N–C) groups is 1. The van der Waals surface area contributed by atoms with Crippen molar-refractivity contribution in [3.63, 3.8) is 0 Å². The standard InChI is InChI=1S/C20H34N4O3.HI/c1-21-20(22-10-7-16-5-6-18(27-3)15-19(16)25)23-17-8-12-24(13-9-17)11-4-14-26-2;/h5-6,15,17,25H,4,7-14H2,1-3H3,(H2,21,22,23);1H. The molecule has 0 radical (unpaired) electrons. The molecule has 0 bridgehead atoms. The van der Waals surface area contributed by atoms with Crippen molar-refractivity contribution in [2.24, 2.45) is 4.99 Å². The maximum absolute atomic E-state index is 10.0. The minimum atomic E-state index is 0. The Morgan fingerprint density at radius 2 is 2.04 bits per heavy atom. The number of methoxy groups -OCH3 is 2. The van der Waals surface area contributed by atoms with Crippen LogP contribution in [-0.2, 0) is 11.2 Å². The van der Waals surface area contributed by atoms with Gasteiger partial charge in [0.2, 0.25) is 0 Å². The average molecular weight is 506 g/mol. The van der Waals surface area contributed by atoms with Crippen molar-refractivity contribution in [2.45, 2.75) is 31.7 Å². The van der Waals surface area contributed by atoms with E-state index < -0.39 is 0 Å². The zero-order chi connectivity index (χ0) is 19.5. The first kappa shape index (κ1) is 24.8. The average Bonchev–Trinajstić information content (AvgIpc) is 2.69. The van der Waals surface area contributed by atoms with Crippen molar-refractivity contribution >= 4 is 29.9 Å². The topological polar surface area (TPSA) is 78.4 Å². The molecule has 3 N–H and O–H groups in total. The Kier molecular flexibility index (Phi) is 12.2. The van der Waals surface area contributed by atoms with Crippen molar-refractivity contribution < 1.29 is 14.6 Å². The number of piperidine rings is 1. The third kappa shape index (κ3) is 8.40. The Morgan fingerprint density at radius 1 is 1.29 bits per heavy atom. The summed E-state index contributed by atoms with van der Waals surface area (Å²) in [6, 6.07) is 5.85. The first-order valence-corrected chi connectivity index (χ1v) is 9.70. The molecule has 1 aromatic carbocycles. The molecule has 7 nitrogen and oxygen atoms in total. The fourth-order valence-corrected chi connectivity index (χ4v) is 3.32. The summed E-state index contributed by atoms with van der Waals surface area (Å²) in [7, 11) is 5.14. The van der Waals surface area contributed by atoms with E-state index in [0.717, 1.165) is 57.0 Å². The quantitative estimate of drug-likeness (QED) is 0.207. The third-order valence-electron chi connectivity index (χ3n) is 4.95. The van der Waals surface area contributed by atoms with E-state index in [-0.39, 0.29) is 29.7 Å². The van der Waals surface area contributed by atoms with Gasteiger partial charge in [-0.1, -0.05) is 6.07 Å². The Hall–Kier alpha value is -1.26. The molecule has 8 heteroatoms. The molecule has 1 aromatic rings. The van der Waals surface area contributed by atoms with E-state index in [1.54, 1.807) is 27.3 Å². The molecule has 0 aliphatic carbocycles. The van der Waals surface area contributed by atoms with E-state index in [4.69, 9.17) is 9.47 Å². The lowest BCUT2D eigenvalue weighted by Crippen LogP contribution is -2.49. The number of likely N-dealkylation sites (tertiary alicyclic amines) is 1. The highest BCUT2D eigenvalue weighted by Gasteiger charge is 2.19. The van der Waals surface area contributed by atoms with Gasteiger partial charge in [-0.05, 0) is 37.3 Å². The Bertz CT molecular complexity index is 593. The number of aromatic hydroxyl groups is 1. The highest BCUT2D eigenvalue weighted by atomic mass is 127. The van der Waals surface area contributed by atoms with Crippen molar-refractivity contribution in [3.8, 4) is 11.5 Å². The van der Waals surface area contributed by atoms with Crippen molar-refractivity contribution in [1.29, 1.82) is 0 Å². The fourth-order valence-electron chi connectivity index (χ4n) is 3.32. The second-order valence-electron chi connectivity index (χ2n) is 6.85. The summed E-state index contributed by atoms with van der Waals surface area (Å²) < 4.78 is 10.2. The molecule has 1 heterocycles. The van der Waals surface area contributed by atoms with Crippen LogP contribution in [0.4, 0.5) is 0 Å². The predicted molar refractivity (Wildman–Crippen MR) is 124 cm³/mol. The molecule has 0 spiro atoms. The maximum atomic E-state index is 10.0. The molecule has 0 unspecified atom stereocenters. The van der Waals surface area contributed by atoms with Crippen LogP contribution >= 0.6 is 24.0 Å². The number of nitrogens with one attached hydrogen (secondary N) is 2. The van der Waals surface area contributed by atoms with Crippen LogP contribution in [0.3, 0.4) is 0 Å². The lowest BCUT2D eigenvalue weighted by molar-refractivity contribution is 0.155. The van der Waals surface area contributed by atoms with Gasteiger partial charge in [0.15, 0.2) is 5.96 Å². The molecule has 1 saturated heterocycles. The molecule has 1 fully saturated rings. The van der Waals surface area contributed by atoms with Gasteiger partial charge < -0.3 is 30.1 Å². The first-order chi connectivity index (χ1) is 13.2. The van der Waals surface area contributed by atoms with Crippen molar-refractivity contribution in [2.75, 3.05) is 54.1 Å². The number of hydrogen-bond acceptors (Lipinski definition) is 5. The number of phenols is 1. The minimum absolute atomic E-state index is 0. The Balaban J connectivity index is 0.00000392. The molecule has 1 aliphatic heterocycles. The second-order valence-corrected chi connectivity index (χ2v) is 6.85. The van der Waals surface area contributed by atoms with Crippen LogP contribution in [-0.4, -0.2) is 76.1 Å². The van der Waals surface area contributed by atoms with E-state index in [0.29, 0.717) is 24.8 Å². The number of hydrogen-bond donors (Lipinski definition) is 3. The second kappa shape index (κ2) is 13.8. The molecular formula is C20H35IN4O3. The lowest BCUT2D eigenvalue weighted by atomic mass is 10.1. The van der Waals surface area contributed by atoms with Gasteiger partial charge in [0.1, 0.15) is 11.5 Å². The van der Waals surface area contributed by atoms with Gasteiger partial charge in [0.05, 0.1) is 7.11 Å². The van der Waals surface area contributed by atoms with Crippen LogP contribution in [0.1, 0.15) is 24.8 Å². The van der Waals surface area contributed by atoms with Crippen LogP contribution in [0.5, 0.6) is 11.5 Å². The molecule has 1 aliphatic rings. The fraction of sp³-hybridized carbons (Fsp3) is 0.650. The molecule has 2 rings (SSSR count). The zero-order valence-corrected chi connectivity index (χ0v) is 19.6. The van der Waals surface area contributed by atoms with Gasteiger partial charge >= 0.3 is 0 Å². The third-order valence-corrected chi connectivity index (χ3v) is 4.95. The van der Waals surface area contributed by atoms with E-state index in [2.05, 4.69) is 20.5 Å². The highest BCUT2D eigenvalue weighted by Crippen LogP contribution is 2.23. The number of rotatable bonds is 9. The Labute approximate surface area is 185 Å². The molecule has 0 aromatic heterocycles. The van der Waals surface area contributed by atoms with Gasteiger partial charge in [-0.3, -0.25) is 4.99 Å². The van der Waals surface area contributed by atoms with E-state index in [9.17, 15) is 5.11 Å². The number of ether oxygens (including phenoxy) is 2. The maximum Gasteiger partial charge on any atom is 0.191 e. The molecule has 28 heavy (non-hydrogen) atoms. The SMILES string of the molecule is CN=C(NCCc1ccc(OC)cc1O)NC1CCN(CCCOC)CC1.I. The molecular weight excluding hydrogens is 471 g/mol. The highest BCUT2D eigenvalue weighted by molar-refractivity contribution is 14.0. The largest absolute Gasteiger partial charge is 0.508 e. The molecule has 160 valence electrons. The normalized spacial score (nSPS) is 15.8. The predicted octanol–water partition coefficient (Wildman–Crippen LogP) is 2.23. The number of benzene rings is 1. The van der Waals surface area contributed by atoms with E-state index >= 15 is 0 Å². The monoisotopic (exact) mass is 506 g/mol. The minimum Gasteiger partial charge on any atom is -0.508 e. The summed E-state index contributed by atoms with van der Waals surface area (Å²) in [5, 5.41) is 16.9. The lowest BCUT2D eigenvalue weighted by Gasteiger charge is -2.33. The van der Waals surface area contributed by atoms with E-state index in [1.165, 1.54) is 0 Å². The van der Waals surface area contributed by atoms with Gasteiger partial charge in [0, 0.05) is 59.1 Å². The van der Waals surface area contributed by atoms with Crippen LogP contribution in [0, 0.1) is 0 Å². The van der Waals surface area contributed by atoms with Crippen LogP contribution < -0.4 is 15.4 Å². The van der Waals surface area contributed by atoms with Crippen LogP contribution in [0.25, 0.3) is 0 Å². The van der Waals surface area contributed by atoms with Gasteiger partial charge in [0.25, 0.3) is 0 Å². The summed E-state index contributed by atoms with van der Waals surface area (Å²) >= 11 is 0. The van der Waals surface area contributed by atoms with Crippen molar-refractivity contribution in [3.05, 3.63) is 23.8 Å². The first-order valence-electron chi connectivity index (χ1n) is 9.70. The van der Waals surface area contributed by atoms with E-state index in [1.807, 2.05) is 12.1 Å². The number of phenolic OH excluding ortho intramolecular Hbond substituents is 1. The smallest absolute Gasteiger partial charge is 0.191 e. The number of nitrogens with zero attached hydrogens (tertiary/aromatic N) is 2. The Morgan fingerprint density at radius 3 is 2.64 bits per heavy atom. The molecule has 0 saturated carbocycles. The summed E-state index contributed by atoms with van der Waals surface area (Å²) in [6.45, 7) is 4.86. The van der Waals surface area contributed by atoms with Gasteiger partial charge in [-0.2, -0.15) is 0 Å². The zero-order valence-electron chi connectivity index (χ0n) is 17.2. The molecule has 0 amide bonds. The van der Waals surface area contributed by atoms with Crippen molar-refractivity contribution in [1.82, 2.24) is 15.5 Å².